The molecule has 1 aromatic carbocycles. The van der Waals surface area contributed by atoms with Gasteiger partial charge >= 0.3 is 5.97 Å². The molecule has 0 spiro atoms. The van der Waals surface area contributed by atoms with E-state index in [2.05, 4.69) is 21.1 Å². The fourth-order valence-corrected chi connectivity index (χ4v) is 3.59. The van der Waals surface area contributed by atoms with Gasteiger partial charge in [-0.1, -0.05) is 11.6 Å². The Kier molecular flexibility index (Phi) is 6.41. The number of aromatic nitrogens is 2. The molecule has 0 saturated carbocycles. The van der Waals surface area contributed by atoms with Crippen LogP contribution in [0.3, 0.4) is 0 Å². The lowest BCUT2D eigenvalue weighted by atomic mass is 9.97. The number of carbonyl (C=O) groups is 2. The van der Waals surface area contributed by atoms with Crippen LogP contribution in [0.15, 0.2) is 34.6 Å². The average Bonchev–Trinajstić information content (AvgIpc) is 2.71. The van der Waals surface area contributed by atoms with E-state index in [1.807, 2.05) is 0 Å². The normalized spacial score (nSPS) is 13.8. The topological polar surface area (TPSA) is 93.2 Å². The predicted octanol–water partition coefficient (Wildman–Crippen LogP) is 2.85. The molecule has 0 aliphatic heterocycles. The predicted molar refractivity (Wildman–Crippen MR) is 109 cm³/mol. The molecule has 2 N–H and O–H groups in total. The smallest absolute Gasteiger partial charge is 0.337 e. The van der Waals surface area contributed by atoms with Gasteiger partial charge in [-0.2, -0.15) is 0 Å². The lowest BCUT2D eigenvalue weighted by Crippen LogP contribution is -2.33. The van der Waals surface area contributed by atoms with Gasteiger partial charge in [0.1, 0.15) is 6.54 Å². The SMILES string of the molecule is COC(=O)c1ccc2c(=O)n(CC(=O)NCCC3=CCCCC3)c(=S)[nH]c2c1. The molecule has 0 radical (unpaired) electrons. The summed E-state index contributed by atoms with van der Waals surface area (Å²) in [6.45, 7) is 0.397. The zero-order valence-corrected chi connectivity index (χ0v) is 16.6. The summed E-state index contributed by atoms with van der Waals surface area (Å²) in [4.78, 5) is 39.6. The van der Waals surface area contributed by atoms with E-state index in [4.69, 9.17) is 12.2 Å². The highest BCUT2D eigenvalue weighted by atomic mass is 32.1. The highest BCUT2D eigenvalue weighted by Crippen LogP contribution is 2.19. The quantitative estimate of drug-likeness (QED) is 0.441. The van der Waals surface area contributed by atoms with Crippen molar-refractivity contribution in [3.8, 4) is 0 Å². The first kappa shape index (κ1) is 20.0. The molecule has 1 amide bonds. The molecule has 1 heterocycles. The first-order valence-electron chi connectivity index (χ1n) is 9.29. The molecule has 3 rings (SSSR count). The number of rotatable bonds is 6. The fraction of sp³-hybridized carbons (Fsp3) is 0.400. The van der Waals surface area contributed by atoms with Crippen molar-refractivity contribution in [1.82, 2.24) is 14.9 Å². The molecule has 7 nitrogen and oxygen atoms in total. The van der Waals surface area contributed by atoms with E-state index in [1.54, 1.807) is 0 Å². The maximum Gasteiger partial charge on any atom is 0.337 e. The summed E-state index contributed by atoms with van der Waals surface area (Å²) in [5.41, 5.74) is 1.75. The summed E-state index contributed by atoms with van der Waals surface area (Å²) in [5, 5.41) is 3.20. The number of nitrogens with zero attached hydrogens (tertiary/aromatic N) is 1. The molecule has 0 atom stereocenters. The second-order valence-electron chi connectivity index (χ2n) is 6.78. The molecule has 1 aliphatic rings. The summed E-state index contributed by atoms with van der Waals surface area (Å²) in [6, 6.07) is 4.55. The van der Waals surface area contributed by atoms with Gasteiger partial charge in [-0.15, -0.1) is 0 Å². The third-order valence-electron chi connectivity index (χ3n) is 4.86. The first-order valence-corrected chi connectivity index (χ1v) is 9.70. The summed E-state index contributed by atoms with van der Waals surface area (Å²) in [6.07, 6.45) is 7.74. The minimum atomic E-state index is -0.502. The number of hydrogen-bond acceptors (Lipinski definition) is 5. The molecule has 1 aliphatic carbocycles. The van der Waals surface area contributed by atoms with E-state index in [1.165, 1.54) is 48.3 Å². The van der Waals surface area contributed by atoms with Gasteiger partial charge in [-0.3, -0.25) is 14.2 Å². The Morgan fingerprint density at radius 3 is 2.86 bits per heavy atom. The minimum absolute atomic E-state index is 0.129. The number of ether oxygens (including phenoxy) is 1. The van der Waals surface area contributed by atoms with E-state index >= 15 is 0 Å². The largest absolute Gasteiger partial charge is 0.465 e. The Hall–Kier alpha value is -2.74. The van der Waals surface area contributed by atoms with Crippen LogP contribution >= 0.6 is 12.2 Å². The van der Waals surface area contributed by atoms with Gasteiger partial charge in [-0.25, -0.2) is 4.79 Å². The number of H-pyrrole nitrogens is 1. The third kappa shape index (κ3) is 4.56. The molecular formula is C20H23N3O4S. The second-order valence-corrected chi connectivity index (χ2v) is 7.17. The average molecular weight is 401 g/mol. The van der Waals surface area contributed by atoms with Crippen LogP contribution in [0.4, 0.5) is 0 Å². The molecule has 0 saturated heterocycles. The number of allylic oxidation sites excluding steroid dienone is 1. The molecule has 0 fully saturated rings. The molecular weight excluding hydrogens is 378 g/mol. The summed E-state index contributed by atoms with van der Waals surface area (Å²) in [7, 11) is 1.29. The monoisotopic (exact) mass is 401 g/mol. The molecule has 148 valence electrons. The minimum Gasteiger partial charge on any atom is -0.465 e. The number of benzene rings is 1. The Balaban J connectivity index is 1.72. The molecule has 0 bridgehead atoms. The zero-order chi connectivity index (χ0) is 20.1. The van der Waals surface area contributed by atoms with Crippen molar-refractivity contribution in [2.24, 2.45) is 0 Å². The number of carbonyl (C=O) groups excluding carboxylic acids is 2. The van der Waals surface area contributed by atoms with Crippen molar-refractivity contribution in [3.05, 3.63) is 50.5 Å². The van der Waals surface area contributed by atoms with Gasteiger partial charge in [-0.05, 0) is 62.5 Å². The summed E-state index contributed by atoms with van der Waals surface area (Å²) < 4.78 is 6.04. The highest BCUT2D eigenvalue weighted by molar-refractivity contribution is 7.71. The standard InChI is InChI=1S/C20H23N3O4S/c1-27-19(26)14-7-8-15-16(11-14)22-20(28)23(18(15)25)12-17(24)21-10-9-13-5-3-2-4-6-13/h5,7-8,11H,2-4,6,9-10,12H2,1H3,(H,21,24)(H,22,28). The number of amides is 1. The zero-order valence-electron chi connectivity index (χ0n) is 15.7. The lowest BCUT2D eigenvalue weighted by Gasteiger charge is -2.13. The van der Waals surface area contributed by atoms with E-state index in [0.29, 0.717) is 23.0 Å². The van der Waals surface area contributed by atoms with Crippen LogP contribution in [0.1, 0.15) is 42.5 Å². The van der Waals surface area contributed by atoms with Gasteiger partial charge < -0.3 is 15.0 Å². The van der Waals surface area contributed by atoms with E-state index in [-0.39, 0.29) is 22.8 Å². The number of esters is 1. The number of nitrogens with one attached hydrogen (secondary N) is 2. The van der Waals surface area contributed by atoms with Crippen LogP contribution in [0.2, 0.25) is 0 Å². The molecule has 0 unspecified atom stereocenters. The van der Waals surface area contributed by atoms with Crippen molar-refractivity contribution < 1.29 is 14.3 Å². The van der Waals surface area contributed by atoms with Gasteiger partial charge in [0, 0.05) is 6.54 Å². The Bertz CT molecular complexity index is 1050. The first-order chi connectivity index (χ1) is 13.5. The Labute approximate surface area is 167 Å². The summed E-state index contributed by atoms with van der Waals surface area (Å²) >= 11 is 5.24. The van der Waals surface area contributed by atoms with Crippen LogP contribution in [-0.4, -0.2) is 35.1 Å². The Morgan fingerprint density at radius 2 is 2.14 bits per heavy atom. The second kappa shape index (κ2) is 8.97. The maximum absolute atomic E-state index is 12.7. The highest BCUT2D eigenvalue weighted by Gasteiger charge is 2.13. The van der Waals surface area contributed by atoms with Gasteiger partial charge in [0.15, 0.2) is 4.77 Å². The van der Waals surface area contributed by atoms with Crippen LogP contribution in [0.5, 0.6) is 0 Å². The van der Waals surface area contributed by atoms with E-state index in [0.717, 1.165) is 19.3 Å². The Morgan fingerprint density at radius 1 is 1.32 bits per heavy atom. The van der Waals surface area contributed by atoms with E-state index in [9.17, 15) is 14.4 Å². The van der Waals surface area contributed by atoms with Crippen molar-refractivity contribution in [2.45, 2.75) is 38.6 Å². The molecule has 2 aromatic rings. The lowest BCUT2D eigenvalue weighted by molar-refractivity contribution is -0.121. The number of hydrogen-bond donors (Lipinski definition) is 2. The molecule has 1 aromatic heterocycles. The third-order valence-corrected chi connectivity index (χ3v) is 5.18. The van der Waals surface area contributed by atoms with Crippen LogP contribution in [0.25, 0.3) is 10.9 Å². The number of methoxy groups -OCH3 is 1. The number of aromatic amines is 1. The van der Waals surface area contributed by atoms with Gasteiger partial charge in [0.05, 0.1) is 23.6 Å². The maximum atomic E-state index is 12.7. The van der Waals surface area contributed by atoms with Crippen molar-refractivity contribution in [3.63, 3.8) is 0 Å². The molecule has 8 heteroatoms. The fourth-order valence-electron chi connectivity index (χ4n) is 3.34. The van der Waals surface area contributed by atoms with Crippen molar-refractivity contribution in [1.29, 1.82) is 0 Å². The number of fused-ring (bicyclic) bond motifs is 1. The van der Waals surface area contributed by atoms with Crippen LogP contribution < -0.4 is 10.9 Å². The summed E-state index contributed by atoms with van der Waals surface area (Å²) in [5.74, 6) is -0.763. The van der Waals surface area contributed by atoms with Crippen LogP contribution in [-0.2, 0) is 16.1 Å². The van der Waals surface area contributed by atoms with Crippen LogP contribution in [0, 0.1) is 4.77 Å². The van der Waals surface area contributed by atoms with Gasteiger partial charge in [0.25, 0.3) is 5.56 Å². The van der Waals surface area contributed by atoms with Gasteiger partial charge in [0.2, 0.25) is 5.91 Å². The van der Waals surface area contributed by atoms with Crippen molar-refractivity contribution >= 4 is 35.0 Å². The molecule has 28 heavy (non-hydrogen) atoms. The van der Waals surface area contributed by atoms with E-state index < -0.39 is 5.97 Å². The van der Waals surface area contributed by atoms with Crippen molar-refractivity contribution in [2.75, 3.05) is 13.7 Å².